The average Bonchev–Trinajstić information content (AvgIpc) is 2.73. The predicted octanol–water partition coefficient (Wildman–Crippen LogP) is 5.64. The second-order valence-corrected chi connectivity index (χ2v) is 6.89. The second kappa shape index (κ2) is 7.25. The van der Waals surface area contributed by atoms with Gasteiger partial charge in [-0.05, 0) is 39.2 Å². The smallest absolute Gasteiger partial charge is 0.267 e. The molecule has 0 spiro atoms. The number of hydrogen-bond acceptors (Lipinski definition) is 2. The first-order valence-electron chi connectivity index (χ1n) is 8.52. The molecule has 0 fully saturated rings. The molecule has 0 atom stereocenters. The van der Waals surface area contributed by atoms with Crippen LogP contribution in [0.15, 0.2) is 100 Å². The number of halogens is 1. The van der Waals surface area contributed by atoms with Crippen LogP contribution in [-0.4, -0.2) is 9.67 Å². The molecule has 0 aliphatic rings. The van der Waals surface area contributed by atoms with Gasteiger partial charge in [-0.3, -0.25) is 9.36 Å². The standard InChI is InChI=1S/C23H16BrNO2/c24-20-21(17-12-6-2-7-13-17)25(18-14-8-3-9-15-18)23(27)19(22(20)26)16-10-4-1-5-11-16/h1-15,26H. The van der Waals surface area contributed by atoms with E-state index in [0.29, 0.717) is 15.7 Å². The van der Waals surface area contributed by atoms with E-state index in [4.69, 9.17) is 0 Å². The summed E-state index contributed by atoms with van der Waals surface area (Å²) in [5.41, 5.74) is 2.85. The molecule has 132 valence electrons. The van der Waals surface area contributed by atoms with Crippen molar-refractivity contribution in [2.75, 3.05) is 0 Å². The molecule has 0 amide bonds. The number of nitrogens with zero attached hydrogens (tertiary/aromatic N) is 1. The summed E-state index contributed by atoms with van der Waals surface area (Å²) in [5, 5.41) is 10.9. The lowest BCUT2D eigenvalue weighted by Crippen LogP contribution is -2.22. The van der Waals surface area contributed by atoms with Gasteiger partial charge in [0.2, 0.25) is 0 Å². The normalized spacial score (nSPS) is 10.7. The maximum Gasteiger partial charge on any atom is 0.267 e. The maximum absolute atomic E-state index is 13.5. The highest BCUT2D eigenvalue weighted by molar-refractivity contribution is 9.10. The minimum absolute atomic E-state index is 0.0581. The largest absolute Gasteiger partial charge is 0.506 e. The van der Waals surface area contributed by atoms with Crippen LogP contribution < -0.4 is 5.56 Å². The molecule has 0 saturated carbocycles. The van der Waals surface area contributed by atoms with E-state index < -0.39 is 0 Å². The van der Waals surface area contributed by atoms with Gasteiger partial charge in [-0.25, -0.2) is 0 Å². The number of hydrogen-bond donors (Lipinski definition) is 1. The second-order valence-electron chi connectivity index (χ2n) is 6.09. The molecule has 0 unspecified atom stereocenters. The first kappa shape index (κ1) is 17.3. The zero-order valence-corrected chi connectivity index (χ0v) is 15.9. The lowest BCUT2D eigenvalue weighted by Gasteiger charge is -2.19. The average molecular weight is 418 g/mol. The molecule has 4 heteroatoms. The Morgan fingerprint density at radius 1 is 0.704 bits per heavy atom. The van der Waals surface area contributed by atoms with Gasteiger partial charge in [-0.2, -0.15) is 0 Å². The van der Waals surface area contributed by atoms with Gasteiger partial charge in [0.25, 0.3) is 5.56 Å². The highest BCUT2D eigenvalue weighted by atomic mass is 79.9. The van der Waals surface area contributed by atoms with Crippen LogP contribution in [0.4, 0.5) is 0 Å². The summed E-state index contributed by atoms with van der Waals surface area (Å²) >= 11 is 3.54. The van der Waals surface area contributed by atoms with E-state index >= 15 is 0 Å². The minimum Gasteiger partial charge on any atom is -0.506 e. The van der Waals surface area contributed by atoms with Gasteiger partial charge in [0, 0.05) is 5.69 Å². The highest BCUT2D eigenvalue weighted by Crippen LogP contribution is 2.40. The summed E-state index contributed by atoms with van der Waals surface area (Å²) in [6, 6.07) is 28.2. The van der Waals surface area contributed by atoms with Crippen LogP contribution in [-0.2, 0) is 0 Å². The Kier molecular flexibility index (Phi) is 4.65. The van der Waals surface area contributed by atoms with Crippen LogP contribution in [0.3, 0.4) is 0 Å². The molecule has 27 heavy (non-hydrogen) atoms. The molecule has 0 radical (unpaired) electrons. The SMILES string of the molecule is O=c1c(-c2ccccc2)c(O)c(Br)c(-c2ccccc2)n1-c1ccccc1. The third-order valence-corrected chi connectivity index (χ3v) is 5.17. The molecule has 0 saturated heterocycles. The minimum atomic E-state index is -0.271. The fourth-order valence-corrected chi connectivity index (χ4v) is 3.78. The van der Waals surface area contributed by atoms with Crippen LogP contribution in [0.5, 0.6) is 5.75 Å². The zero-order chi connectivity index (χ0) is 18.8. The molecule has 4 aromatic rings. The fraction of sp³-hybridized carbons (Fsp3) is 0. The van der Waals surface area contributed by atoms with Crippen molar-refractivity contribution >= 4 is 15.9 Å². The van der Waals surface area contributed by atoms with Crippen LogP contribution in [0.25, 0.3) is 28.1 Å². The van der Waals surface area contributed by atoms with Gasteiger partial charge < -0.3 is 5.11 Å². The number of rotatable bonds is 3. The third-order valence-electron chi connectivity index (χ3n) is 4.42. The van der Waals surface area contributed by atoms with Crippen molar-refractivity contribution in [2.24, 2.45) is 0 Å². The van der Waals surface area contributed by atoms with E-state index in [9.17, 15) is 9.90 Å². The van der Waals surface area contributed by atoms with E-state index in [0.717, 1.165) is 11.3 Å². The summed E-state index contributed by atoms with van der Waals surface area (Å²) in [7, 11) is 0. The van der Waals surface area contributed by atoms with Gasteiger partial charge in [0.1, 0.15) is 5.75 Å². The summed E-state index contributed by atoms with van der Waals surface area (Å²) in [4.78, 5) is 13.5. The predicted molar refractivity (Wildman–Crippen MR) is 112 cm³/mol. The Morgan fingerprint density at radius 2 is 1.19 bits per heavy atom. The summed E-state index contributed by atoms with van der Waals surface area (Å²) in [6.07, 6.45) is 0. The Balaban J connectivity index is 2.14. The van der Waals surface area contributed by atoms with E-state index in [1.54, 1.807) is 4.57 Å². The lowest BCUT2D eigenvalue weighted by molar-refractivity contribution is 0.472. The summed E-state index contributed by atoms with van der Waals surface area (Å²) in [6.45, 7) is 0. The molecule has 0 aliphatic carbocycles. The molecule has 4 rings (SSSR count). The molecular formula is C23H16BrNO2. The molecule has 3 nitrogen and oxygen atoms in total. The number of aromatic nitrogens is 1. The van der Waals surface area contributed by atoms with Crippen LogP contribution >= 0.6 is 15.9 Å². The van der Waals surface area contributed by atoms with Gasteiger partial charge in [-0.15, -0.1) is 0 Å². The van der Waals surface area contributed by atoms with Crippen molar-refractivity contribution in [2.45, 2.75) is 0 Å². The molecule has 1 aromatic heterocycles. The Bertz CT molecular complexity index is 1140. The van der Waals surface area contributed by atoms with Gasteiger partial charge in [0.05, 0.1) is 15.7 Å². The molecule has 0 bridgehead atoms. The third kappa shape index (κ3) is 3.09. The van der Waals surface area contributed by atoms with Crippen molar-refractivity contribution in [3.05, 3.63) is 106 Å². The first-order valence-corrected chi connectivity index (χ1v) is 9.31. The molecule has 1 N–H and O–H groups in total. The molecule has 3 aromatic carbocycles. The van der Waals surface area contributed by atoms with E-state index in [1.807, 2.05) is 91.0 Å². The highest BCUT2D eigenvalue weighted by Gasteiger charge is 2.23. The monoisotopic (exact) mass is 417 g/mol. The Labute approximate surface area is 165 Å². The number of pyridine rings is 1. The lowest BCUT2D eigenvalue weighted by atomic mass is 10.0. The zero-order valence-electron chi connectivity index (χ0n) is 14.3. The van der Waals surface area contributed by atoms with E-state index in [2.05, 4.69) is 15.9 Å². The van der Waals surface area contributed by atoms with Crippen molar-refractivity contribution in [3.63, 3.8) is 0 Å². The summed E-state index contributed by atoms with van der Waals surface area (Å²) in [5.74, 6) is -0.0581. The maximum atomic E-state index is 13.5. The molecule has 1 heterocycles. The molecule has 0 aliphatic heterocycles. The molecular weight excluding hydrogens is 402 g/mol. The Hall–Kier alpha value is -3.11. The van der Waals surface area contributed by atoms with Gasteiger partial charge >= 0.3 is 0 Å². The quantitative estimate of drug-likeness (QED) is 0.468. The van der Waals surface area contributed by atoms with E-state index in [-0.39, 0.29) is 16.9 Å². The van der Waals surface area contributed by atoms with E-state index in [1.165, 1.54) is 0 Å². The van der Waals surface area contributed by atoms with Crippen molar-refractivity contribution < 1.29 is 5.11 Å². The first-order chi connectivity index (χ1) is 13.2. The number of aromatic hydroxyl groups is 1. The van der Waals surface area contributed by atoms with Crippen LogP contribution in [0.1, 0.15) is 0 Å². The number of benzene rings is 3. The Morgan fingerprint density at radius 3 is 1.74 bits per heavy atom. The van der Waals surface area contributed by atoms with Crippen molar-refractivity contribution in [1.82, 2.24) is 4.57 Å². The number of para-hydroxylation sites is 1. The van der Waals surface area contributed by atoms with Crippen LogP contribution in [0.2, 0.25) is 0 Å². The fourth-order valence-electron chi connectivity index (χ4n) is 3.17. The topological polar surface area (TPSA) is 42.2 Å². The van der Waals surface area contributed by atoms with Crippen molar-refractivity contribution in [3.8, 4) is 33.8 Å². The van der Waals surface area contributed by atoms with Gasteiger partial charge in [0.15, 0.2) is 0 Å². The summed E-state index contributed by atoms with van der Waals surface area (Å²) < 4.78 is 2.12. The van der Waals surface area contributed by atoms with Gasteiger partial charge in [-0.1, -0.05) is 78.9 Å². The van der Waals surface area contributed by atoms with Crippen molar-refractivity contribution in [1.29, 1.82) is 0 Å². The van der Waals surface area contributed by atoms with Crippen LogP contribution in [0, 0.1) is 0 Å².